The van der Waals surface area contributed by atoms with E-state index in [2.05, 4.69) is 34.9 Å². The number of hydrogen-bond donors (Lipinski definition) is 0. The van der Waals surface area contributed by atoms with Gasteiger partial charge in [0.2, 0.25) is 0 Å². The quantitative estimate of drug-likeness (QED) is 0.769. The molecule has 2 rings (SSSR count). The van der Waals surface area contributed by atoms with E-state index in [0.717, 1.165) is 17.1 Å². The number of nitrogens with zero attached hydrogens (tertiary/aromatic N) is 3. The van der Waals surface area contributed by atoms with Crippen molar-refractivity contribution in [3.05, 3.63) is 42.1 Å². The number of rotatable bonds is 2. The van der Waals surface area contributed by atoms with Crippen LogP contribution in [0.15, 0.2) is 30.7 Å². The van der Waals surface area contributed by atoms with Crippen LogP contribution in [0.1, 0.15) is 31.2 Å². The summed E-state index contributed by atoms with van der Waals surface area (Å²) in [6, 6.07) is 4.12. The second-order valence-corrected chi connectivity index (χ2v) is 4.15. The van der Waals surface area contributed by atoms with Crippen molar-refractivity contribution in [2.75, 3.05) is 0 Å². The molecule has 2 aromatic heterocycles. The highest BCUT2D eigenvalue weighted by Gasteiger charge is 2.02. The molecule has 0 aliphatic rings. The van der Waals surface area contributed by atoms with Gasteiger partial charge in [-0.05, 0) is 24.5 Å². The van der Waals surface area contributed by atoms with Crippen LogP contribution in [0.2, 0.25) is 0 Å². The monoisotopic (exact) mass is 213 g/mol. The van der Waals surface area contributed by atoms with Gasteiger partial charge in [0.15, 0.2) is 0 Å². The van der Waals surface area contributed by atoms with Crippen LogP contribution >= 0.6 is 0 Å². The Morgan fingerprint density at radius 2 is 1.62 bits per heavy atom. The lowest BCUT2D eigenvalue weighted by Gasteiger charge is -2.05. The second-order valence-electron chi connectivity index (χ2n) is 4.15. The molecular weight excluding hydrogens is 198 g/mol. The van der Waals surface area contributed by atoms with Crippen molar-refractivity contribution in [1.82, 2.24) is 15.0 Å². The Kier molecular flexibility index (Phi) is 2.95. The fraction of sp³-hybridized carbons (Fsp3) is 0.308. The minimum Gasteiger partial charge on any atom is -0.256 e. The van der Waals surface area contributed by atoms with Gasteiger partial charge in [0.1, 0.15) is 5.82 Å². The first kappa shape index (κ1) is 10.7. The van der Waals surface area contributed by atoms with Crippen molar-refractivity contribution in [3.8, 4) is 11.3 Å². The van der Waals surface area contributed by atoms with Crippen molar-refractivity contribution in [3.63, 3.8) is 0 Å². The maximum Gasteiger partial charge on any atom is 0.125 e. The molecule has 0 unspecified atom stereocenters. The van der Waals surface area contributed by atoms with Gasteiger partial charge in [-0.25, -0.2) is 9.97 Å². The normalized spacial score (nSPS) is 10.8. The SMILES string of the molecule is Cc1ncc(-c2ccc(C(C)C)cn2)cn1. The van der Waals surface area contributed by atoms with Crippen molar-refractivity contribution >= 4 is 0 Å². The average Bonchev–Trinajstić information content (AvgIpc) is 2.30. The average molecular weight is 213 g/mol. The molecule has 0 aromatic carbocycles. The number of pyridine rings is 1. The second kappa shape index (κ2) is 4.39. The third kappa shape index (κ3) is 2.24. The summed E-state index contributed by atoms with van der Waals surface area (Å²) in [4.78, 5) is 12.7. The van der Waals surface area contributed by atoms with Crippen LogP contribution in [0.5, 0.6) is 0 Å². The Morgan fingerprint density at radius 3 is 2.12 bits per heavy atom. The molecule has 0 atom stereocenters. The molecule has 0 bridgehead atoms. The molecule has 3 heteroatoms. The lowest BCUT2D eigenvalue weighted by molar-refractivity contribution is 0.858. The predicted octanol–water partition coefficient (Wildman–Crippen LogP) is 2.97. The fourth-order valence-corrected chi connectivity index (χ4v) is 1.44. The van der Waals surface area contributed by atoms with Gasteiger partial charge in [0.05, 0.1) is 5.69 Å². The zero-order valence-electron chi connectivity index (χ0n) is 9.81. The highest BCUT2D eigenvalue weighted by Crippen LogP contribution is 2.18. The summed E-state index contributed by atoms with van der Waals surface area (Å²) in [7, 11) is 0. The molecule has 2 heterocycles. The Bertz CT molecular complexity index is 458. The fourth-order valence-electron chi connectivity index (χ4n) is 1.44. The molecule has 0 saturated carbocycles. The summed E-state index contributed by atoms with van der Waals surface area (Å²) >= 11 is 0. The highest BCUT2D eigenvalue weighted by atomic mass is 14.9. The van der Waals surface area contributed by atoms with E-state index in [0.29, 0.717) is 5.92 Å². The Hall–Kier alpha value is -1.77. The van der Waals surface area contributed by atoms with Gasteiger partial charge < -0.3 is 0 Å². The van der Waals surface area contributed by atoms with E-state index in [9.17, 15) is 0 Å². The summed E-state index contributed by atoms with van der Waals surface area (Å²) in [6.07, 6.45) is 5.53. The minimum absolute atomic E-state index is 0.510. The van der Waals surface area contributed by atoms with Gasteiger partial charge in [0.25, 0.3) is 0 Å². The maximum atomic E-state index is 4.42. The van der Waals surface area contributed by atoms with Crippen molar-refractivity contribution < 1.29 is 0 Å². The molecule has 16 heavy (non-hydrogen) atoms. The summed E-state index contributed by atoms with van der Waals surface area (Å²) in [5, 5.41) is 0. The molecule has 0 N–H and O–H groups in total. The maximum absolute atomic E-state index is 4.42. The van der Waals surface area contributed by atoms with Crippen LogP contribution in [0.4, 0.5) is 0 Å². The van der Waals surface area contributed by atoms with E-state index in [1.54, 1.807) is 12.4 Å². The van der Waals surface area contributed by atoms with Crippen LogP contribution in [0.25, 0.3) is 11.3 Å². The van der Waals surface area contributed by atoms with Crippen LogP contribution in [0, 0.1) is 6.92 Å². The van der Waals surface area contributed by atoms with E-state index < -0.39 is 0 Å². The zero-order valence-corrected chi connectivity index (χ0v) is 9.81. The molecular formula is C13H15N3. The Morgan fingerprint density at radius 1 is 0.938 bits per heavy atom. The number of aryl methyl sites for hydroxylation is 1. The molecule has 0 radical (unpaired) electrons. The predicted molar refractivity (Wildman–Crippen MR) is 64.1 cm³/mol. The summed E-state index contributed by atoms with van der Waals surface area (Å²) in [5.74, 6) is 1.29. The topological polar surface area (TPSA) is 38.7 Å². The third-order valence-corrected chi connectivity index (χ3v) is 2.53. The Labute approximate surface area is 95.6 Å². The molecule has 3 nitrogen and oxygen atoms in total. The van der Waals surface area contributed by atoms with Gasteiger partial charge in [-0.2, -0.15) is 0 Å². The largest absolute Gasteiger partial charge is 0.256 e. The first-order valence-electron chi connectivity index (χ1n) is 5.42. The Balaban J connectivity index is 2.31. The van der Waals surface area contributed by atoms with E-state index in [4.69, 9.17) is 0 Å². The third-order valence-electron chi connectivity index (χ3n) is 2.53. The standard InChI is InChI=1S/C13H15N3/c1-9(2)11-4-5-13(16-6-11)12-7-14-10(3)15-8-12/h4-9H,1-3H3. The van der Waals surface area contributed by atoms with Gasteiger partial charge in [-0.3, -0.25) is 4.98 Å². The zero-order chi connectivity index (χ0) is 11.5. The summed E-state index contributed by atoms with van der Waals surface area (Å²) in [6.45, 7) is 6.19. The molecule has 0 fully saturated rings. The van der Waals surface area contributed by atoms with Crippen molar-refractivity contribution in [2.24, 2.45) is 0 Å². The smallest absolute Gasteiger partial charge is 0.125 e. The molecule has 0 saturated heterocycles. The van der Waals surface area contributed by atoms with Gasteiger partial charge >= 0.3 is 0 Å². The molecule has 2 aromatic rings. The van der Waals surface area contributed by atoms with Crippen LogP contribution < -0.4 is 0 Å². The number of aromatic nitrogens is 3. The minimum atomic E-state index is 0.510. The van der Waals surface area contributed by atoms with Crippen LogP contribution in [0.3, 0.4) is 0 Å². The summed E-state index contributed by atoms with van der Waals surface area (Å²) in [5.41, 5.74) is 3.13. The molecule has 0 spiro atoms. The van der Waals surface area contributed by atoms with Gasteiger partial charge in [0, 0.05) is 24.2 Å². The first-order chi connectivity index (χ1) is 7.66. The van der Waals surface area contributed by atoms with E-state index in [-0.39, 0.29) is 0 Å². The highest BCUT2D eigenvalue weighted by molar-refractivity contribution is 5.56. The van der Waals surface area contributed by atoms with E-state index in [1.165, 1.54) is 5.56 Å². The van der Waals surface area contributed by atoms with Crippen molar-refractivity contribution in [1.29, 1.82) is 0 Å². The van der Waals surface area contributed by atoms with E-state index >= 15 is 0 Å². The van der Waals surface area contributed by atoms with Crippen LogP contribution in [-0.2, 0) is 0 Å². The molecule has 0 aliphatic carbocycles. The van der Waals surface area contributed by atoms with Gasteiger partial charge in [-0.1, -0.05) is 19.9 Å². The number of hydrogen-bond acceptors (Lipinski definition) is 3. The molecule has 0 amide bonds. The molecule has 82 valence electrons. The van der Waals surface area contributed by atoms with Crippen LogP contribution in [-0.4, -0.2) is 15.0 Å². The van der Waals surface area contributed by atoms with Crippen molar-refractivity contribution in [2.45, 2.75) is 26.7 Å². The molecule has 0 aliphatic heterocycles. The van der Waals surface area contributed by atoms with Gasteiger partial charge in [-0.15, -0.1) is 0 Å². The summed E-state index contributed by atoms with van der Waals surface area (Å²) < 4.78 is 0. The first-order valence-corrected chi connectivity index (χ1v) is 5.42. The lowest BCUT2D eigenvalue weighted by Crippen LogP contribution is -1.92. The van der Waals surface area contributed by atoms with E-state index in [1.807, 2.05) is 19.2 Å². The lowest BCUT2D eigenvalue weighted by atomic mass is 10.1.